The van der Waals surface area contributed by atoms with Crippen LogP contribution in [-0.4, -0.2) is 50.1 Å². The van der Waals surface area contributed by atoms with E-state index in [0.29, 0.717) is 32.1 Å². The molecule has 3 N–H and O–H groups in total. The van der Waals surface area contributed by atoms with Crippen LogP contribution in [0.4, 0.5) is 4.39 Å². The normalized spacial score (nSPS) is 17.0. The maximum atomic E-state index is 13.1. The summed E-state index contributed by atoms with van der Waals surface area (Å²) in [6, 6.07) is 16.3. The fourth-order valence-corrected chi connectivity index (χ4v) is 3.80. The van der Waals surface area contributed by atoms with Crippen LogP contribution in [0.5, 0.6) is 0 Å². The van der Waals surface area contributed by atoms with E-state index >= 15 is 0 Å². The Kier molecular flexibility index (Phi) is 10.9. The van der Waals surface area contributed by atoms with Gasteiger partial charge in [0.1, 0.15) is 5.82 Å². The van der Waals surface area contributed by atoms with Crippen LogP contribution in [0.1, 0.15) is 17.5 Å². The third-order valence-electron chi connectivity index (χ3n) is 5.57. The summed E-state index contributed by atoms with van der Waals surface area (Å²) < 4.78 is 19.0. The van der Waals surface area contributed by atoms with Crippen LogP contribution >= 0.6 is 24.0 Å². The van der Waals surface area contributed by atoms with E-state index < -0.39 is 5.92 Å². The van der Waals surface area contributed by atoms with Gasteiger partial charge in [-0.3, -0.25) is 9.79 Å². The van der Waals surface area contributed by atoms with Crippen molar-refractivity contribution in [1.82, 2.24) is 10.2 Å². The molecule has 0 bridgehead atoms. The summed E-state index contributed by atoms with van der Waals surface area (Å²) in [4.78, 5) is 18.5. The Morgan fingerprint density at radius 3 is 2.59 bits per heavy atom. The fourth-order valence-electron chi connectivity index (χ4n) is 3.80. The van der Waals surface area contributed by atoms with Gasteiger partial charge in [0.25, 0.3) is 0 Å². The summed E-state index contributed by atoms with van der Waals surface area (Å²) in [5, 5.41) is 3.29. The van der Waals surface area contributed by atoms with E-state index in [4.69, 9.17) is 10.5 Å². The molecular formula is C24H32FIN4O2. The average molecular weight is 554 g/mol. The summed E-state index contributed by atoms with van der Waals surface area (Å²) in [7, 11) is 1.74. The Morgan fingerprint density at radius 1 is 1.22 bits per heavy atom. The maximum Gasteiger partial charge on any atom is 0.222 e. The van der Waals surface area contributed by atoms with Crippen molar-refractivity contribution in [2.75, 3.05) is 33.3 Å². The molecule has 6 nitrogen and oxygen atoms in total. The second-order valence-corrected chi connectivity index (χ2v) is 7.96. The second kappa shape index (κ2) is 13.4. The molecular weight excluding hydrogens is 522 g/mol. The number of amides is 1. The van der Waals surface area contributed by atoms with Gasteiger partial charge in [-0.2, -0.15) is 0 Å². The van der Waals surface area contributed by atoms with E-state index in [-0.39, 0.29) is 35.7 Å². The number of hydrogen-bond acceptors (Lipinski definition) is 3. The van der Waals surface area contributed by atoms with Gasteiger partial charge in [0.05, 0.1) is 19.1 Å². The Hall–Kier alpha value is -2.20. The zero-order valence-electron chi connectivity index (χ0n) is 18.4. The molecule has 2 aromatic carbocycles. The van der Waals surface area contributed by atoms with Crippen molar-refractivity contribution in [3.63, 3.8) is 0 Å². The number of carbonyl (C=O) groups excluding carboxylic acids is 1. The van der Waals surface area contributed by atoms with E-state index in [1.165, 1.54) is 17.7 Å². The van der Waals surface area contributed by atoms with E-state index in [9.17, 15) is 9.18 Å². The predicted octanol–water partition coefficient (Wildman–Crippen LogP) is 3.20. The zero-order valence-corrected chi connectivity index (χ0v) is 20.7. The van der Waals surface area contributed by atoms with Gasteiger partial charge in [-0.15, -0.1) is 24.0 Å². The van der Waals surface area contributed by atoms with Gasteiger partial charge in [0.15, 0.2) is 5.96 Å². The Balaban J connectivity index is 0.00000363. The van der Waals surface area contributed by atoms with Gasteiger partial charge in [-0.05, 0) is 36.1 Å². The van der Waals surface area contributed by atoms with Crippen LogP contribution in [0.25, 0.3) is 0 Å². The van der Waals surface area contributed by atoms with Crippen molar-refractivity contribution in [2.24, 2.45) is 22.6 Å². The highest BCUT2D eigenvalue weighted by molar-refractivity contribution is 14.0. The molecule has 174 valence electrons. The molecule has 1 amide bonds. The standard InChI is InChI=1S/C24H31FN4O2.HI/c1-27-24(28-14-21(23(26)30)13-18-7-9-22(25)10-8-18)29-12-11-20(15-29)17-31-16-19-5-3-2-4-6-19;/h2-10,20-21H,11-17H2,1H3,(H2,26,30)(H,27,28);1H. The molecule has 0 spiro atoms. The number of guanidine groups is 1. The highest BCUT2D eigenvalue weighted by Crippen LogP contribution is 2.18. The topological polar surface area (TPSA) is 79.9 Å². The molecule has 1 aliphatic rings. The fraction of sp³-hybridized carbons (Fsp3) is 0.417. The van der Waals surface area contributed by atoms with Gasteiger partial charge >= 0.3 is 0 Å². The number of halogens is 2. The third-order valence-corrected chi connectivity index (χ3v) is 5.57. The predicted molar refractivity (Wildman–Crippen MR) is 135 cm³/mol. The maximum absolute atomic E-state index is 13.1. The molecule has 32 heavy (non-hydrogen) atoms. The number of rotatable bonds is 9. The molecule has 3 rings (SSSR count). The average Bonchev–Trinajstić information content (AvgIpc) is 3.24. The number of carbonyl (C=O) groups is 1. The lowest BCUT2D eigenvalue weighted by Gasteiger charge is -2.23. The van der Waals surface area contributed by atoms with Gasteiger partial charge < -0.3 is 20.7 Å². The molecule has 2 aromatic rings. The molecule has 0 radical (unpaired) electrons. The molecule has 1 aliphatic heterocycles. The SMILES string of the molecule is CN=C(NCC(Cc1ccc(F)cc1)C(N)=O)N1CCC(COCc2ccccc2)C1.I. The van der Waals surface area contributed by atoms with Crippen molar-refractivity contribution in [3.05, 3.63) is 71.5 Å². The molecule has 1 fully saturated rings. The Bertz CT molecular complexity index is 864. The van der Waals surface area contributed by atoms with E-state index in [1.54, 1.807) is 19.2 Å². The summed E-state index contributed by atoms with van der Waals surface area (Å²) in [5.74, 6) is 0.106. The first kappa shape index (κ1) is 26.1. The minimum atomic E-state index is -0.408. The minimum Gasteiger partial charge on any atom is -0.376 e. The van der Waals surface area contributed by atoms with Crippen LogP contribution in [0.3, 0.4) is 0 Å². The molecule has 1 heterocycles. The van der Waals surface area contributed by atoms with Crippen LogP contribution in [0.15, 0.2) is 59.6 Å². The van der Waals surface area contributed by atoms with E-state index in [2.05, 4.69) is 27.3 Å². The first-order valence-electron chi connectivity index (χ1n) is 10.7. The monoisotopic (exact) mass is 554 g/mol. The quantitative estimate of drug-likeness (QED) is 0.284. The number of benzene rings is 2. The third kappa shape index (κ3) is 8.05. The van der Waals surface area contributed by atoms with Crippen LogP contribution in [0.2, 0.25) is 0 Å². The lowest BCUT2D eigenvalue weighted by Crippen LogP contribution is -2.44. The molecule has 1 saturated heterocycles. The lowest BCUT2D eigenvalue weighted by atomic mass is 9.98. The Labute approximate surface area is 206 Å². The molecule has 2 unspecified atom stereocenters. The minimum absolute atomic E-state index is 0. The first-order valence-corrected chi connectivity index (χ1v) is 10.7. The first-order chi connectivity index (χ1) is 15.0. The number of nitrogens with zero attached hydrogens (tertiary/aromatic N) is 2. The molecule has 8 heteroatoms. The van der Waals surface area contributed by atoms with Crippen molar-refractivity contribution in [3.8, 4) is 0 Å². The van der Waals surface area contributed by atoms with Crippen LogP contribution in [0, 0.1) is 17.7 Å². The van der Waals surface area contributed by atoms with Gasteiger partial charge in [0, 0.05) is 32.6 Å². The highest BCUT2D eigenvalue weighted by atomic mass is 127. The van der Waals surface area contributed by atoms with Gasteiger partial charge in [-0.1, -0.05) is 42.5 Å². The number of likely N-dealkylation sites (tertiary alicyclic amines) is 1. The van der Waals surface area contributed by atoms with Crippen LogP contribution < -0.4 is 11.1 Å². The summed E-state index contributed by atoms with van der Waals surface area (Å²) >= 11 is 0. The second-order valence-electron chi connectivity index (χ2n) is 7.96. The number of primary amides is 1. The number of nitrogens with two attached hydrogens (primary N) is 1. The lowest BCUT2D eigenvalue weighted by molar-refractivity contribution is -0.121. The Morgan fingerprint density at radius 2 is 1.94 bits per heavy atom. The highest BCUT2D eigenvalue weighted by Gasteiger charge is 2.26. The van der Waals surface area contributed by atoms with Gasteiger partial charge in [-0.25, -0.2) is 4.39 Å². The molecule has 0 aliphatic carbocycles. The number of ether oxygens (including phenoxy) is 1. The number of aliphatic imine (C=N–C) groups is 1. The summed E-state index contributed by atoms with van der Waals surface area (Å²) in [6.45, 7) is 3.45. The van der Waals surface area contributed by atoms with Crippen molar-refractivity contribution < 1.29 is 13.9 Å². The van der Waals surface area contributed by atoms with Gasteiger partial charge in [0.2, 0.25) is 5.91 Å². The van der Waals surface area contributed by atoms with E-state index in [1.807, 2.05) is 18.2 Å². The molecule has 0 saturated carbocycles. The van der Waals surface area contributed by atoms with Crippen molar-refractivity contribution in [2.45, 2.75) is 19.4 Å². The smallest absolute Gasteiger partial charge is 0.222 e. The summed E-state index contributed by atoms with van der Waals surface area (Å²) in [6.07, 6.45) is 1.49. The largest absolute Gasteiger partial charge is 0.376 e. The van der Waals surface area contributed by atoms with Crippen LogP contribution in [-0.2, 0) is 22.6 Å². The molecule has 2 atom stereocenters. The van der Waals surface area contributed by atoms with Crippen molar-refractivity contribution in [1.29, 1.82) is 0 Å². The number of hydrogen-bond donors (Lipinski definition) is 2. The summed E-state index contributed by atoms with van der Waals surface area (Å²) in [5.41, 5.74) is 7.65. The zero-order chi connectivity index (χ0) is 22.1. The number of nitrogens with one attached hydrogen (secondary N) is 1. The molecule has 0 aromatic heterocycles. The van der Waals surface area contributed by atoms with E-state index in [0.717, 1.165) is 31.0 Å². The van der Waals surface area contributed by atoms with Crippen molar-refractivity contribution >= 4 is 35.8 Å².